The van der Waals surface area contributed by atoms with Gasteiger partial charge in [0.05, 0.1) is 70.6 Å². The van der Waals surface area contributed by atoms with Gasteiger partial charge in [0.2, 0.25) is 12.6 Å². The molecule has 1 aromatic rings. The SMILES string of the molecule is CC=C1[C@H](O[C@@H]2O[C@H](CO)[C@@H](O)[C@H](O)[C@H]2O)OC=C(C(=O)OC)[C@H]1CC(=O)OC[C@H]1O[C@@H](OCCc2ccc(OC(=O)C[C@@H]3C(C(=O)OC)=CO[C@@H](O[C@@H]4O[C@H](CO)[C@@H](O)[C@H](O)[C@H]4O)C3=CC)cc2)[C@H](O)[C@@H](O)[C@@H]1O. The summed E-state index contributed by atoms with van der Waals surface area (Å²) in [6.45, 7) is 0.862. The fraction of sp³-hybridized carbons (Fsp3) is 0.625. The van der Waals surface area contributed by atoms with E-state index in [0.717, 1.165) is 26.7 Å². The van der Waals surface area contributed by atoms with Gasteiger partial charge in [0.15, 0.2) is 18.9 Å². The highest BCUT2D eigenvalue weighted by atomic mass is 16.8. The van der Waals surface area contributed by atoms with Crippen LogP contribution in [-0.2, 0) is 77.7 Å². The van der Waals surface area contributed by atoms with Crippen LogP contribution < -0.4 is 4.74 Å². The molecular formula is C48H64O27. The molecule has 3 fully saturated rings. The Labute approximate surface area is 428 Å². The molecule has 0 saturated carbocycles. The maximum absolute atomic E-state index is 13.4. The van der Waals surface area contributed by atoms with Crippen molar-refractivity contribution in [2.75, 3.05) is 40.6 Å². The molecule has 1 aromatic carbocycles. The first-order valence-corrected chi connectivity index (χ1v) is 23.7. The van der Waals surface area contributed by atoms with E-state index in [0.29, 0.717) is 5.56 Å². The van der Waals surface area contributed by atoms with Gasteiger partial charge in [0, 0.05) is 23.0 Å². The minimum Gasteiger partial charge on any atom is -0.468 e. The van der Waals surface area contributed by atoms with Crippen LogP contribution >= 0.6 is 0 Å². The molecule has 27 heteroatoms. The highest BCUT2D eigenvalue weighted by Crippen LogP contribution is 2.38. The number of carbonyl (C=O) groups excluding carboxylic acids is 4. The van der Waals surface area contributed by atoms with Crippen molar-refractivity contribution in [3.63, 3.8) is 0 Å². The van der Waals surface area contributed by atoms with Gasteiger partial charge in [-0.05, 0) is 38.0 Å². The summed E-state index contributed by atoms with van der Waals surface area (Å²) < 4.78 is 65.8. The van der Waals surface area contributed by atoms with Gasteiger partial charge >= 0.3 is 23.9 Å². The van der Waals surface area contributed by atoms with Crippen LogP contribution in [0.15, 0.2) is 71.2 Å². The summed E-state index contributed by atoms with van der Waals surface area (Å²) in [7, 11) is 2.22. The number of hydrogen-bond acceptors (Lipinski definition) is 27. The standard InChI is InChI=1S/C48H64O27/c1-5-22-24(26(42(62)64-3)17-68-44(22)74-47-40(60)36(56)33(53)28(15-49)71-47)13-31(51)67-19-30-35(55)38(58)39(59)46(73-30)66-12-11-20-7-9-21(10-8-20)70-32(52)14-25-23(6-2)45(69-18-27(25)43(63)65-4)75-48-41(61)37(57)34(54)29(16-50)72-48/h5-10,17-18,24-25,28-30,33-41,44-50,53-61H,11-16,19H2,1-4H3/t24-,25-,28+,29+,30+,33+,34+,35+,36-,37-,38-,39+,40+,41+,44-,45-,46+,47-,48-/m0/s1. The number of hydrogen-bond donors (Lipinski definition) is 11. The van der Waals surface area contributed by atoms with E-state index in [1.165, 1.54) is 31.2 Å². The van der Waals surface area contributed by atoms with Crippen LogP contribution in [0.1, 0.15) is 32.3 Å². The van der Waals surface area contributed by atoms with E-state index in [1.54, 1.807) is 19.1 Å². The summed E-state index contributed by atoms with van der Waals surface area (Å²) in [6, 6.07) is 6.15. The van der Waals surface area contributed by atoms with Crippen molar-refractivity contribution in [2.24, 2.45) is 11.8 Å². The number of rotatable bonds is 19. The maximum atomic E-state index is 13.4. The molecule has 5 aliphatic rings. The Balaban J connectivity index is 1.01. The Morgan fingerprint density at radius 1 is 0.560 bits per heavy atom. The molecule has 0 spiro atoms. The van der Waals surface area contributed by atoms with Gasteiger partial charge in [0.25, 0.3) is 0 Å². The maximum Gasteiger partial charge on any atom is 0.337 e. The highest BCUT2D eigenvalue weighted by molar-refractivity contribution is 5.91. The van der Waals surface area contributed by atoms with Crippen molar-refractivity contribution >= 4 is 23.9 Å². The van der Waals surface area contributed by atoms with E-state index in [-0.39, 0.29) is 41.1 Å². The molecule has 0 radical (unpaired) electrons. The van der Waals surface area contributed by atoms with E-state index < -0.39 is 173 Å². The second-order valence-corrected chi connectivity index (χ2v) is 17.8. The molecule has 0 aliphatic carbocycles. The van der Waals surface area contributed by atoms with Crippen molar-refractivity contribution in [3.8, 4) is 5.75 Å². The van der Waals surface area contributed by atoms with Gasteiger partial charge in [-0.2, -0.15) is 0 Å². The number of methoxy groups -OCH3 is 2. The van der Waals surface area contributed by atoms with Gasteiger partial charge in [-0.15, -0.1) is 0 Å². The lowest BCUT2D eigenvalue weighted by Crippen LogP contribution is -2.60. The summed E-state index contributed by atoms with van der Waals surface area (Å²) in [5, 5.41) is 113. The van der Waals surface area contributed by atoms with Crippen molar-refractivity contribution in [1.82, 2.24) is 0 Å². The summed E-state index contributed by atoms with van der Waals surface area (Å²) in [5.41, 5.74) is 0.788. The van der Waals surface area contributed by atoms with E-state index in [2.05, 4.69) is 0 Å². The molecule has 0 amide bonds. The molecular weight excluding hydrogens is 1010 g/mol. The van der Waals surface area contributed by atoms with Crippen LogP contribution in [0.4, 0.5) is 0 Å². The number of carbonyl (C=O) groups is 4. The molecule has 11 N–H and O–H groups in total. The minimum absolute atomic E-state index is 0.0730. The van der Waals surface area contributed by atoms with E-state index in [1.807, 2.05) is 0 Å². The lowest BCUT2D eigenvalue weighted by molar-refractivity contribution is -0.327. The summed E-state index contributed by atoms with van der Waals surface area (Å²) in [4.78, 5) is 52.3. The monoisotopic (exact) mass is 1070 g/mol. The number of aliphatic hydroxyl groups is 11. The van der Waals surface area contributed by atoms with Crippen molar-refractivity contribution in [2.45, 2.75) is 138 Å². The zero-order valence-corrected chi connectivity index (χ0v) is 41.0. The number of benzene rings is 1. The third kappa shape index (κ3) is 13.8. The molecule has 19 atom stereocenters. The molecule has 5 aliphatic heterocycles. The second-order valence-electron chi connectivity index (χ2n) is 17.8. The van der Waals surface area contributed by atoms with Gasteiger partial charge in [-0.3, -0.25) is 9.59 Å². The molecule has 0 bridgehead atoms. The Hall–Kier alpha value is -5.02. The van der Waals surface area contributed by atoms with Crippen molar-refractivity contribution in [1.29, 1.82) is 0 Å². The lowest BCUT2D eigenvalue weighted by atomic mass is 9.86. The molecule has 5 heterocycles. The zero-order chi connectivity index (χ0) is 54.8. The molecule has 75 heavy (non-hydrogen) atoms. The van der Waals surface area contributed by atoms with Gasteiger partial charge in [-0.1, -0.05) is 24.3 Å². The highest BCUT2D eigenvalue weighted by Gasteiger charge is 2.50. The van der Waals surface area contributed by atoms with Gasteiger partial charge < -0.3 is 113 Å². The average molecular weight is 1070 g/mol. The lowest BCUT2D eigenvalue weighted by Gasteiger charge is -2.42. The first-order valence-electron chi connectivity index (χ1n) is 23.7. The Bertz CT molecular complexity index is 2230. The van der Waals surface area contributed by atoms with Crippen LogP contribution in [0.3, 0.4) is 0 Å². The van der Waals surface area contributed by atoms with Crippen LogP contribution in [0.5, 0.6) is 5.75 Å². The summed E-state index contributed by atoms with van der Waals surface area (Å²) >= 11 is 0. The number of aliphatic hydroxyl groups excluding tert-OH is 11. The third-order valence-corrected chi connectivity index (χ3v) is 13.1. The van der Waals surface area contributed by atoms with Crippen LogP contribution in [0, 0.1) is 11.8 Å². The van der Waals surface area contributed by atoms with Gasteiger partial charge in [0.1, 0.15) is 85.6 Å². The van der Waals surface area contributed by atoms with Crippen molar-refractivity contribution in [3.05, 3.63) is 76.8 Å². The Morgan fingerprint density at radius 3 is 1.43 bits per heavy atom. The largest absolute Gasteiger partial charge is 0.468 e. The number of allylic oxidation sites excluding steroid dienone is 2. The molecule has 0 aromatic heterocycles. The predicted octanol–water partition coefficient (Wildman–Crippen LogP) is -4.13. The predicted molar refractivity (Wildman–Crippen MR) is 243 cm³/mol. The topological polar surface area (TPSA) is 402 Å². The normalized spacial score (nSPS) is 37.1. The third-order valence-electron chi connectivity index (χ3n) is 13.1. The first-order chi connectivity index (χ1) is 35.8. The fourth-order valence-corrected chi connectivity index (χ4v) is 8.80. The van der Waals surface area contributed by atoms with E-state index in [9.17, 15) is 75.3 Å². The van der Waals surface area contributed by atoms with Crippen molar-refractivity contribution < 1.29 is 132 Å². The van der Waals surface area contributed by atoms with Crippen LogP contribution in [-0.4, -0.2) is 225 Å². The smallest absolute Gasteiger partial charge is 0.337 e. The molecule has 0 unspecified atom stereocenters. The first kappa shape index (κ1) is 59.2. The molecule has 27 nitrogen and oxygen atoms in total. The van der Waals surface area contributed by atoms with E-state index >= 15 is 0 Å². The van der Waals surface area contributed by atoms with E-state index in [4.69, 9.17) is 56.8 Å². The number of ether oxygens (including phenoxy) is 12. The van der Waals surface area contributed by atoms with Crippen LogP contribution in [0.2, 0.25) is 0 Å². The Morgan fingerprint density at radius 2 is 0.987 bits per heavy atom. The summed E-state index contributed by atoms with van der Waals surface area (Å²) in [5.74, 6) is -5.53. The number of esters is 4. The molecule has 3 saturated heterocycles. The fourth-order valence-electron chi connectivity index (χ4n) is 8.80. The van der Waals surface area contributed by atoms with Gasteiger partial charge in [-0.25, -0.2) is 9.59 Å². The second kappa shape index (κ2) is 26.8. The Kier molecular flexibility index (Phi) is 21.2. The van der Waals surface area contributed by atoms with Crippen LogP contribution in [0.25, 0.3) is 0 Å². The zero-order valence-electron chi connectivity index (χ0n) is 41.0. The molecule has 418 valence electrons. The summed E-state index contributed by atoms with van der Waals surface area (Å²) in [6.07, 6.45) is -23.2. The minimum atomic E-state index is -1.81. The molecule has 6 rings (SSSR count). The average Bonchev–Trinajstić information content (AvgIpc) is 3.40. The quantitative estimate of drug-likeness (QED) is 0.0271.